The molecule has 1 atom stereocenters. The number of amides is 2. The summed E-state index contributed by atoms with van der Waals surface area (Å²) >= 11 is 5.85. The lowest BCUT2D eigenvalue weighted by atomic mass is 10.2. The average molecular weight is 281 g/mol. The van der Waals surface area contributed by atoms with E-state index in [2.05, 4.69) is 5.32 Å². The summed E-state index contributed by atoms with van der Waals surface area (Å²) in [5.41, 5.74) is 0.517. The van der Waals surface area contributed by atoms with E-state index in [9.17, 15) is 9.59 Å². The number of nitrogens with one attached hydrogen (secondary N) is 1. The first kappa shape index (κ1) is 13.9. The molecule has 0 aliphatic carbocycles. The van der Waals surface area contributed by atoms with Gasteiger partial charge in [0.05, 0.1) is 6.04 Å². The van der Waals surface area contributed by atoms with Gasteiger partial charge >= 0.3 is 0 Å². The molecule has 1 unspecified atom stereocenters. The number of hydrogen-bond donors (Lipinski definition) is 1. The fourth-order valence-corrected chi connectivity index (χ4v) is 2.42. The van der Waals surface area contributed by atoms with Crippen LogP contribution < -0.4 is 5.32 Å². The van der Waals surface area contributed by atoms with E-state index in [-0.39, 0.29) is 23.9 Å². The van der Waals surface area contributed by atoms with E-state index >= 15 is 0 Å². The first-order chi connectivity index (χ1) is 8.97. The molecule has 102 valence electrons. The van der Waals surface area contributed by atoms with Gasteiger partial charge in [-0.1, -0.05) is 17.7 Å². The van der Waals surface area contributed by atoms with Crippen molar-refractivity contribution in [2.45, 2.75) is 32.4 Å². The van der Waals surface area contributed by atoms with E-state index in [1.54, 1.807) is 29.2 Å². The van der Waals surface area contributed by atoms with Gasteiger partial charge in [0.25, 0.3) is 5.91 Å². The molecule has 1 N–H and O–H groups in total. The van der Waals surface area contributed by atoms with E-state index < -0.39 is 0 Å². The van der Waals surface area contributed by atoms with Gasteiger partial charge in [0, 0.05) is 29.6 Å². The topological polar surface area (TPSA) is 49.4 Å². The lowest BCUT2D eigenvalue weighted by Crippen LogP contribution is -2.38. The zero-order valence-electron chi connectivity index (χ0n) is 11.0. The Hall–Kier alpha value is -1.55. The van der Waals surface area contributed by atoms with Crippen molar-refractivity contribution >= 4 is 23.4 Å². The highest BCUT2D eigenvalue weighted by Gasteiger charge is 2.32. The molecule has 1 aliphatic heterocycles. The van der Waals surface area contributed by atoms with Gasteiger partial charge in [-0.15, -0.1) is 0 Å². The molecule has 0 spiro atoms. The number of carbonyl (C=O) groups is 2. The molecular weight excluding hydrogens is 264 g/mol. The second-order valence-corrected chi connectivity index (χ2v) is 5.46. The number of rotatable bonds is 3. The second-order valence-electron chi connectivity index (χ2n) is 5.02. The standard InChI is InChI=1S/C14H17ClN2O2/c1-9(2)17-8-12(7-13(17)18)16-14(19)10-4-3-5-11(15)6-10/h3-6,9,12H,7-8H2,1-2H3,(H,16,19). The van der Waals surface area contributed by atoms with E-state index in [4.69, 9.17) is 11.6 Å². The van der Waals surface area contributed by atoms with Gasteiger partial charge in [-0.3, -0.25) is 9.59 Å². The summed E-state index contributed by atoms with van der Waals surface area (Å²) < 4.78 is 0. The molecule has 0 aromatic heterocycles. The van der Waals surface area contributed by atoms with E-state index in [1.165, 1.54) is 0 Å². The number of nitrogens with zero attached hydrogens (tertiary/aromatic N) is 1. The van der Waals surface area contributed by atoms with Crippen molar-refractivity contribution in [3.63, 3.8) is 0 Å². The molecule has 19 heavy (non-hydrogen) atoms. The van der Waals surface area contributed by atoms with Crippen LogP contribution in [0.4, 0.5) is 0 Å². The van der Waals surface area contributed by atoms with E-state index in [0.717, 1.165) is 0 Å². The molecule has 2 rings (SSSR count). The maximum absolute atomic E-state index is 12.0. The summed E-state index contributed by atoms with van der Waals surface area (Å²) in [6.45, 7) is 4.51. The Kier molecular flexibility index (Phi) is 4.10. The maximum atomic E-state index is 12.0. The summed E-state index contributed by atoms with van der Waals surface area (Å²) in [6.07, 6.45) is 0.366. The first-order valence-corrected chi connectivity index (χ1v) is 6.71. The minimum absolute atomic E-state index is 0.0893. The third-order valence-electron chi connectivity index (χ3n) is 3.20. The molecule has 1 heterocycles. The molecule has 5 heteroatoms. The molecule has 4 nitrogen and oxygen atoms in total. The normalized spacial score (nSPS) is 19.1. The van der Waals surface area contributed by atoms with Crippen molar-refractivity contribution < 1.29 is 9.59 Å². The zero-order valence-corrected chi connectivity index (χ0v) is 11.8. The molecule has 1 aromatic rings. The zero-order chi connectivity index (χ0) is 14.0. The summed E-state index contributed by atoms with van der Waals surface area (Å²) in [4.78, 5) is 25.6. The van der Waals surface area contributed by atoms with Gasteiger partial charge in [0.2, 0.25) is 5.91 Å². The Balaban J connectivity index is 1.99. The minimum Gasteiger partial charge on any atom is -0.347 e. The van der Waals surface area contributed by atoms with Crippen molar-refractivity contribution in [2.24, 2.45) is 0 Å². The lowest BCUT2D eigenvalue weighted by Gasteiger charge is -2.21. The highest BCUT2D eigenvalue weighted by Crippen LogP contribution is 2.16. The maximum Gasteiger partial charge on any atom is 0.251 e. The summed E-state index contributed by atoms with van der Waals surface area (Å²) in [5.74, 6) is -0.0997. The molecule has 0 radical (unpaired) electrons. The monoisotopic (exact) mass is 280 g/mol. The lowest BCUT2D eigenvalue weighted by molar-refractivity contribution is -0.129. The third kappa shape index (κ3) is 3.26. The van der Waals surface area contributed by atoms with Crippen LogP contribution >= 0.6 is 11.6 Å². The minimum atomic E-state index is -0.189. The number of likely N-dealkylation sites (tertiary alicyclic amines) is 1. The van der Waals surface area contributed by atoms with Gasteiger partial charge in [-0.2, -0.15) is 0 Å². The van der Waals surface area contributed by atoms with Crippen LogP contribution in [0, 0.1) is 0 Å². The molecule has 0 saturated carbocycles. The predicted octanol–water partition coefficient (Wildman–Crippen LogP) is 2.08. The quantitative estimate of drug-likeness (QED) is 0.922. The summed E-state index contributed by atoms with van der Waals surface area (Å²) in [6, 6.07) is 6.82. The number of hydrogen-bond acceptors (Lipinski definition) is 2. The van der Waals surface area contributed by atoms with Crippen molar-refractivity contribution in [2.75, 3.05) is 6.54 Å². The molecule has 1 aliphatic rings. The number of carbonyl (C=O) groups excluding carboxylic acids is 2. The summed E-state index contributed by atoms with van der Waals surface area (Å²) in [5, 5.41) is 3.40. The third-order valence-corrected chi connectivity index (χ3v) is 3.44. The van der Waals surface area contributed by atoms with Crippen molar-refractivity contribution in [3.05, 3.63) is 34.9 Å². The fraction of sp³-hybridized carbons (Fsp3) is 0.429. The van der Waals surface area contributed by atoms with Crippen LogP contribution in [-0.2, 0) is 4.79 Å². The van der Waals surface area contributed by atoms with Crippen LogP contribution in [0.5, 0.6) is 0 Å². The predicted molar refractivity (Wildman–Crippen MR) is 74.2 cm³/mol. The molecule has 2 amide bonds. The second kappa shape index (κ2) is 5.61. The smallest absolute Gasteiger partial charge is 0.251 e. The average Bonchev–Trinajstić information content (AvgIpc) is 2.70. The Morgan fingerprint density at radius 2 is 2.21 bits per heavy atom. The highest BCUT2D eigenvalue weighted by atomic mass is 35.5. The van der Waals surface area contributed by atoms with Crippen molar-refractivity contribution in [3.8, 4) is 0 Å². The van der Waals surface area contributed by atoms with Crippen LogP contribution in [-0.4, -0.2) is 35.3 Å². The largest absolute Gasteiger partial charge is 0.347 e. The molecule has 1 saturated heterocycles. The van der Waals surface area contributed by atoms with Gasteiger partial charge in [-0.05, 0) is 32.0 Å². The van der Waals surface area contributed by atoms with Crippen LogP contribution in [0.1, 0.15) is 30.6 Å². The van der Waals surface area contributed by atoms with Crippen LogP contribution in [0.2, 0.25) is 5.02 Å². The Labute approximate surface area is 117 Å². The Morgan fingerprint density at radius 1 is 1.47 bits per heavy atom. The van der Waals surface area contributed by atoms with Crippen LogP contribution in [0.15, 0.2) is 24.3 Å². The van der Waals surface area contributed by atoms with Gasteiger partial charge in [-0.25, -0.2) is 0 Å². The van der Waals surface area contributed by atoms with Crippen molar-refractivity contribution in [1.82, 2.24) is 10.2 Å². The van der Waals surface area contributed by atoms with Gasteiger partial charge < -0.3 is 10.2 Å². The highest BCUT2D eigenvalue weighted by molar-refractivity contribution is 6.30. The Bertz CT molecular complexity index is 502. The molecular formula is C14H17ClN2O2. The van der Waals surface area contributed by atoms with E-state index in [0.29, 0.717) is 23.6 Å². The van der Waals surface area contributed by atoms with Gasteiger partial charge in [0.15, 0.2) is 0 Å². The Morgan fingerprint density at radius 3 is 2.79 bits per heavy atom. The SMILES string of the molecule is CC(C)N1CC(NC(=O)c2cccc(Cl)c2)CC1=O. The van der Waals surface area contributed by atoms with Gasteiger partial charge in [0.1, 0.15) is 0 Å². The number of halogens is 1. The summed E-state index contributed by atoms with van der Waals surface area (Å²) in [7, 11) is 0. The first-order valence-electron chi connectivity index (χ1n) is 6.33. The number of benzene rings is 1. The fourth-order valence-electron chi connectivity index (χ4n) is 2.23. The molecule has 1 fully saturated rings. The van der Waals surface area contributed by atoms with Crippen LogP contribution in [0.25, 0.3) is 0 Å². The molecule has 1 aromatic carbocycles. The van der Waals surface area contributed by atoms with Crippen LogP contribution in [0.3, 0.4) is 0 Å². The van der Waals surface area contributed by atoms with Crippen molar-refractivity contribution in [1.29, 1.82) is 0 Å². The molecule has 0 bridgehead atoms. The van der Waals surface area contributed by atoms with E-state index in [1.807, 2.05) is 13.8 Å².